The van der Waals surface area contributed by atoms with Crippen molar-refractivity contribution in [3.05, 3.63) is 100 Å². The minimum absolute atomic E-state index is 0.0856. The molecule has 3 aromatic carbocycles. The van der Waals surface area contributed by atoms with E-state index in [-0.39, 0.29) is 5.57 Å². The van der Waals surface area contributed by atoms with Crippen LogP contribution in [0.15, 0.2) is 78.4 Å². The SMILES string of the molecule is N#C/C(=C/c1cccc(OCc2ccccc2Cl)c1)C(=O)Nc1ccc(F)cc1. The van der Waals surface area contributed by atoms with Gasteiger partial charge in [-0.25, -0.2) is 4.39 Å². The van der Waals surface area contributed by atoms with Crippen molar-refractivity contribution in [1.29, 1.82) is 5.26 Å². The second-order valence-corrected chi connectivity index (χ2v) is 6.49. The van der Waals surface area contributed by atoms with Gasteiger partial charge in [0, 0.05) is 16.3 Å². The molecule has 1 N–H and O–H groups in total. The largest absolute Gasteiger partial charge is 0.489 e. The Kier molecular flexibility index (Phi) is 6.62. The van der Waals surface area contributed by atoms with Crippen LogP contribution in [0.1, 0.15) is 11.1 Å². The van der Waals surface area contributed by atoms with Crippen molar-refractivity contribution in [1.82, 2.24) is 0 Å². The minimum atomic E-state index is -0.582. The highest BCUT2D eigenvalue weighted by Gasteiger charge is 2.10. The fourth-order valence-electron chi connectivity index (χ4n) is 2.52. The fourth-order valence-corrected chi connectivity index (χ4v) is 2.71. The average Bonchev–Trinajstić information content (AvgIpc) is 2.73. The van der Waals surface area contributed by atoms with Crippen molar-refractivity contribution in [3.63, 3.8) is 0 Å². The molecule has 0 aliphatic heterocycles. The molecular weight excluding hydrogens is 391 g/mol. The lowest BCUT2D eigenvalue weighted by Gasteiger charge is -2.08. The van der Waals surface area contributed by atoms with E-state index in [9.17, 15) is 14.4 Å². The summed E-state index contributed by atoms with van der Waals surface area (Å²) >= 11 is 6.13. The number of anilines is 1. The number of benzene rings is 3. The molecule has 6 heteroatoms. The van der Waals surface area contributed by atoms with Crippen LogP contribution in [-0.4, -0.2) is 5.91 Å². The smallest absolute Gasteiger partial charge is 0.266 e. The zero-order valence-electron chi connectivity index (χ0n) is 15.2. The van der Waals surface area contributed by atoms with Crippen LogP contribution in [0.5, 0.6) is 5.75 Å². The highest BCUT2D eigenvalue weighted by Crippen LogP contribution is 2.21. The van der Waals surface area contributed by atoms with E-state index in [0.29, 0.717) is 28.6 Å². The van der Waals surface area contributed by atoms with E-state index in [4.69, 9.17) is 16.3 Å². The van der Waals surface area contributed by atoms with E-state index in [2.05, 4.69) is 5.32 Å². The highest BCUT2D eigenvalue weighted by molar-refractivity contribution is 6.31. The summed E-state index contributed by atoms with van der Waals surface area (Å²) in [6, 6.07) is 21.6. The van der Waals surface area contributed by atoms with E-state index < -0.39 is 11.7 Å². The molecule has 0 saturated heterocycles. The first-order valence-electron chi connectivity index (χ1n) is 8.70. The van der Waals surface area contributed by atoms with Gasteiger partial charge in [0.1, 0.15) is 29.8 Å². The first-order chi connectivity index (χ1) is 14.0. The molecule has 3 aromatic rings. The van der Waals surface area contributed by atoms with Crippen molar-refractivity contribution in [3.8, 4) is 11.8 Å². The predicted molar refractivity (Wildman–Crippen MR) is 111 cm³/mol. The first-order valence-corrected chi connectivity index (χ1v) is 9.08. The zero-order chi connectivity index (χ0) is 20.6. The molecule has 1 amide bonds. The zero-order valence-corrected chi connectivity index (χ0v) is 16.0. The monoisotopic (exact) mass is 406 g/mol. The summed E-state index contributed by atoms with van der Waals surface area (Å²) in [4.78, 5) is 12.3. The Morgan fingerprint density at radius 3 is 2.59 bits per heavy atom. The maximum absolute atomic E-state index is 13.0. The second-order valence-electron chi connectivity index (χ2n) is 6.08. The van der Waals surface area contributed by atoms with E-state index in [1.807, 2.05) is 24.3 Å². The van der Waals surface area contributed by atoms with Gasteiger partial charge < -0.3 is 10.1 Å². The number of carbonyl (C=O) groups is 1. The molecule has 0 aliphatic rings. The maximum atomic E-state index is 13.0. The molecule has 0 saturated carbocycles. The van der Waals surface area contributed by atoms with Gasteiger partial charge in [-0.05, 0) is 54.1 Å². The quantitative estimate of drug-likeness (QED) is 0.428. The molecule has 144 valence electrons. The van der Waals surface area contributed by atoms with Crippen molar-refractivity contribution >= 4 is 29.3 Å². The van der Waals surface area contributed by atoms with E-state index >= 15 is 0 Å². The van der Waals surface area contributed by atoms with E-state index in [0.717, 1.165) is 5.56 Å². The van der Waals surface area contributed by atoms with Gasteiger partial charge in [0.25, 0.3) is 5.91 Å². The maximum Gasteiger partial charge on any atom is 0.266 e. The summed E-state index contributed by atoms with van der Waals surface area (Å²) in [6.45, 7) is 0.295. The van der Waals surface area contributed by atoms with Gasteiger partial charge in [0.2, 0.25) is 0 Å². The summed E-state index contributed by atoms with van der Waals surface area (Å²) in [5.74, 6) is -0.413. The molecule has 0 aromatic heterocycles. The highest BCUT2D eigenvalue weighted by atomic mass is 35.5. The van der Waals surface area contributed by atoms with Crippen LogP contribution in [0.2, 0.25) is 5.02 Å². The third-order valence-electron chi connectivity index (χ3n) is 3.99. The van der Waals surface area contributed by atoms with Crippen molar-refractivity contribution in [2.24, 2.45) is 0 Å². The minimum Gasteiger partial charge on any atom is -0.489 e. The van der Waals surface area contributed by atoms with Gasteiger partial charge in [0.05, 0.1) is 0 Å². The number of nitrogens with one attached hydrogen (secondary N) is 1. The van der Waals surface area contributed by atoms with Crippen molar-refractivity contribution < 1.29 is 13.9 Å². The van der Waals surface area contributed by atoms with Crippen molar-refractivity contribution in [2.75, 3.05) is 5.32 Å². The fraction of sp³-hybridized carbons (Fsp3) is 0.0435. The third kappa shape index (κ3) is 5.68. The van der Waals surface area contributed by atoms with Crippen LogP contribution in [-0.2, 0) is 11.4 Å². The first kappa shape index (κ1) is 20.1. The molecule has 0 aliphatic carbocycles. The number of rotatable bonds is 6. The standard InChI is InChI=1S/C23H16ClFN2O2/c24-22-7-2-1-5-17(22)15-29-21-6-3-4-16(13-21)12-18(14-26)23(28)27-20-10-8-19(25)9-11-20/h1-13H,15H2,(H,27,28)/b18-12-. The summed E-state index contributed by atoms with van der Waals surface area (Å²) < 4.78 is 18.7. The van der Waals surface area contributed by atoms with E-state index in [1.165, 1.54) is 30.3 Å². The summed E-state index contributed by atoms with van der Waals surface area (Å²) in [6.07, 6.45) is 1.46. The van der Waals surface area contributed by atoms with Gasteiger partial charge in [-0.1, -0.05) is 41.9 Å². The summed E-state index contributed by atoms with van der Waals surface area (Å²) in [7, 11) is 0. The summed E-state index contributed by atoms with van der Waals surface area (Å²) in [5.41, 5.74) is 1.80. The predicted octanol–water partition coefficient (Wildman–Crippen LogP) is 5.60. The second kappa shape index (κ2) is 9.54. The van der Waals surface area contributed by atoms with Crippen LogP contribution >= 0.6 is 11.6 Å². The van der Waals surface area contributed by atoms with Crippen LogP contribution in [0, 0.1) is 17.1 Å². The topological polar surface area (TPSA) is 62.1 Å². The Labute approximate surface area is 172 Å². The molecule has 0 radical (unpaired) electrons. The Bertz CT molecular complexity index is 1090. The number of hydrogen-bond donors (Lipinski definition) is 1. The molecule has 0 atom stereocenters. The Balaban J connectivity index is 1.71. The number of carbonyl (C=O) groups excluding carboxylic acids is 1. The van der Waals surface area contributed by atoms with Gasteiger partial charge in [-0.15, -0.1) is 0 Å². The van der Waals surface area contributed by atoms with Crippen LogP contribution in [0.3, 0.4) is 0 Å². The van der Waals surface area contributed by atoms with Crippen LogP contribution in [0.4, 0.5) is 10.1 Å². The molecule has 0 fully saturated rings. The lowest BCUT2D eigenvalue weighted by atomic mass is 10.1. The lowest BCUT2D eigenvalue weighted by Crippen LogP contribution is -2.13. The number of nitrogens with zero attached hydrogens (tertiary/aromatic N) is 1. The summed E-state index contributed by atoms with van der Waals surface area (Å²) in [5, 5.41) is 12.5. The molecule has 0 heterocycles. The van der Waals surface area contributed by atoms with Gasteiger partial charge >= 0.3 is 0 Å². The van der Waals surface area contributed by atoms with Gasteiger partial charge in [-0.2, -0.15) is 5.26 Å². The normalized spacial score (nSPS) is 10.9. The lowest BCUT2D eigenvalue weighted by molar-refractivity contribution is -0.112. The van der Waals surface area contributed by atoms with Gasteiger partial charge in [0.15, 0.2) is 0 Å². The third-order valence-corrected chi connectivity index (χ3v) is 4.36. The Morgan fingerprint density at radius 1 is 1.10 bits per heavy atom. The van der Waals surface area contributed by atoms with Crippen LogP contribution in [0.25, 0.3) is 6.08 Å². The average molecular weight is 407 g/mol. The number of halogens is 2. The molecule has 4 nitrogen and oxygen atoms in total. The molecule has 0 spiro atoms. The van der Waals surface area contributed by atoms with E-state index in [1.54, 1.807) is 30.3 Å². The number of amides is 1. The number of hydrogen-bond acceptors (Lipinski definition) is 3. The Hall–Kier alpha value is -3.62. The number of ether oxygens (including phenoxy) is 1. The van der Waals surface area contributed by atoms with Gasteiger partial charge in [-0.3, -0.25) is 4.79 Å². The molecule has 29 heavy (non-hydrogen) atoms. The Morgan fingerprint density at radius 2 is 1.86 bits per heavy atom. The molecule has 0 unspecified atom stereocenters. The number of nitriles is 1. The molecular formula is C23H16ClFN2O2. The molecule has 3 rings (SSSR count). The van der Waals surface area contributed by atoms with Crippen LogP contribution < -0.4 is 10.1 Å². The molecule has 0 bridgehead atoms. The van der Waals surface area contributed by atoms with Crippen molar-refractivity contribution in [2.45, 2.75) is 6.61 Å².